The molecule has 0 aliphatic carbocycles. The van der Waals surface area contributed by atoms with E-state index in [9.17, 15) is 28.1 Å². The Bertz CT molecular complexity index is 714. The van der Waals surface area contributed by atoms with E-state index in [2.05, 4.69) is 6.92 Å². The first-order valence-corrected chi connectivity index (χ1v) is 10.5. The standard InChI is InChI=1S/C14H28O2.C8H7F3N2O2/c1-5-6-7-8-9-10-11-12-13(15)16-14(2,3)4;1-4-2-6(12)7(13(14)15)3-5(4)8(9,10)11/h5-12H2,1-4H3;2-3H,12H2,1H3. The van der Waals surface area contributed by atoms with Crippen molar-refractivity contribution in [3.05, 3.63) is 33.4 Å². The summed E-state index contributed by atoms with van der Waals surface area (Å²) in [6.45, 7) is 9.16. The van der Waals surface area contributed by atoms with Crippen LogP contribution in [0.25, 0.3) is 0 Å². The Morgan fingerprint density at radius 1 is 1.06 bits per heavy atom. The molecule has 0 amide bonds. The quantitative estimate of drug-likeness (QED) is 0.145. The molecule has 0 aromatic heterocycles. The van der Waals surface area contributed by atoms with Gasteiger partial charge in [0.2, 0.25) is 0 Å². The molecule has 1 aromatic rings. The number of nitrogens with zero attached hydrogens (tertiary/aromatic N) is 1. The summed E-state index contributed by atoms with van der Waals surface area (Å²) in [5.41, 5.74) is 2.72. The molecule has 178 valence electrons. The molecule has 0 fully saturated rings. The van der Waals surface area contributed by atoms with Crippen molar-refractivity contribution in [2.75, 3.05) is 5.73 Å². The van der Waals surface area contributed by atoms with Crippen molar-refractivity contribution < 1.29 is 27.6 Å². The zero-order chi connectivity index (χ0) is 24.2. The van der Waals surface area contributed by atoms with Gasteiger partial charge in [0.1, 0.15) is 11.3 Å². The van der Waals surface area contributed by atoms with Gasteiger partial charge in [-0.2, -0.15) is 13.2 Å². The number of anilines is 1. The predicted octanol–water partition coefficient (Wildman–Crippen LogP) is 6.97. The van der Waals surface area contributed by atoms with Crippen LogP contribution in [0.5, 0.6) is 0 Å². The minimum absolute atomic E-state index is 0.0546. The highest BCUT2D eigenvalue weighted by Gasteiger charge is 2.34. The fourth-order valence-corrected chi connectivity index (χ4v) is 2.80. The summed E-state index contributed by atoms with van der Waals surface area (Å²) in [6, 6.07) is 1.39. The highest BCUT2D eigenvalue weighted by atomic mass is 19.4. The molecule has 1 rings (SSSR count). The summed E-state index contributed by atoms with van der Waals surface area (Å²) in [5, 5.41) is 10.4. The highest BCUT2D eigenvalue weighted by Crippen LogP contribution is 2.36. The van der Waals surface area contributed by atoms with E-state index in [0.717, 1.165) is 18.9 Å². The third-order valence-electron chi connectivity index (χ3n) is 4.28. The number of esters is 1. The normalized spacial score (nSPS) is 11.5. The average Bonchev–Trinajstić information content (AvgIpc) is 2.58. The maximum absolute atomic E-state index is 12.4. The summed E-state index contributed by atoms with van der Waals surface area (Å²) in [5.74, 6) is -0.0546. The van der Waals surface area contributed by atoms with Crippen LogP contribution >= 0.6 is 0 Å². The Hall–Kier alpha value is -2.32. The monoisotopic (exact) mass is 448 g/mol. The first-order valence-electron chi connectivity index (χ1n) is 10.5. The molecule has 31 heavy (non-hydrogen) atoms. The Balaban J connectivity index is 0.000000581. The molecule has 0 unspecified atom stereocenters. The van der Waals surface area contributed by atoms with Gasteiger partial charge in [-0.25, -0.2) is 0 Å². The molecule has 1 aromatic carbocycles. The van der Waals surface area contributed by atoms with E-state index in [4.69, 9.17) is 10.5 Å². The zero-order valence-corrected chi connectivity index (χ0v) is 19.1. The van der Waals surface area contributed by atoms with Gasteiger partial charge in [0.25, 0.3) is 5.69 Å². The van der Waals surface area contributed by atoms with Gasteiger partial charge in [-0.1, -0.05) is 45.4 Å². The molecule has 0 bridgehead atoms. The van der Waals surface area contributed by atoms with E-state index in [1.165, 1.54) is 39.0 Å². The molecule has 0 saturated heterocycles. The van der Waals surface area contributed by atoms with Crippen LogP contribution in [0, 0.1) is 17.0 Å². The molecule has 9 heteroatoms. The number of nitro groups is 1. The predicted molar refractivity (Wildman–Crippen MR) is 116 cm³/mol. The minimum Gasteiger partial charge on any atom is -0.460 e. The minimum atomic E-state index is -4.61. The number of carbonyl (C=O) groups is 1. The van der Waals surface area contributed by atoms with Crippen molar-refractivity contribution in [2.24, 2.45) is 0 Å². The third kappa shape index (κ3) is 12.9. The van der Waals surface area contributed by atoms with E-state index in [1.807, 2.05) is 20.8 Å². The van der Waals surface area contributed by atoms with Crippen molar-refractivity contribution in [1.29, 1.82) is 0 Å². The van der Waals surface area contributed by atoms with Crippen LogP contribution < -0.4 is 5.73 Å². The van der Waals surface area contributed by atoms with Crippen LogP contribution in [-0.2, 0) is 15.7 Å². The molecule has 0 spiro atoms. The van der Waals surface area contributed by atoms with Crippen molar-refractivity contribution >= 4 is 17.3 Å². The topological polar surface area (TPSA) is 95.5 Å². The lowest BCUT2D eigenvalue weighted by molar-refractivity contribution is -0.384. The molecule has 0 saturated carbocycles. The molecule has 0 aliphatic heterocycles. The number of carbonyl (C=O) groups excluding carboxylic acids is 1. The number of ether oxygens (including phenoxy) is 1. The summed E-state index contributed by atoms with van der Waals surface area (Å²) in [6.07, 6.45) is 4.62. The molecular formula is C22H35F3N2O4. The van der Waals surface area contributed by atoms with Crippen molar-refractivity contribution in [3.63, 3.8) is 0 Å². The molecule has 0 atom stereocenters. The second kappa shape index (κ2) is 13.2. The lowest BCUT2D eigenvalue weighted by atomic mass is 10.1. The number of nitrogen functional groups attached to an aromatic ring is 1. The van der Waals surface area contributed by atoms with Crippen molar-refractivity contribution in [3.8, 4) is 0 Å². The number of nitrogens with two attached hydrogens (primary N) is 1. The third-order valence-corrected chi connectivity index (χ3v) is 4.28. The first kappa shape index (κ1) is 28.7. The van der Waals surface area contributed by atoms with Crippen LogP contribution in [0.4, 0.5) is 24.5 Å². The maximum atomic E-state index is 12.4. The second-order valence-electron chi connectivity index (χ2n) is 8.44. The lowest BCUT2D eigenvalue weighted by Crippen LogP contribution is -2.23. The Morgan fingerprint density at radius 3 is 2.03 bits per heavy atom. The molecule has 6 nitrogen and oxygen atoms in total. The highest BCUT2D eigenvalue weighted by molar-refractivity contribution is 5.69. The van der Waals surface area contributed by atoms with Gasteiger partial charge in [-0.3, -0.25) is 14.9 Å². The van der Waals surface area contributed by atoms with Crippen LogP contribution in [0.2, 0.25) is 0 Å². The Morgan fingerprint density at radius 2 is 1.58 bits per heavy atom. The number of unbranched alkanes of at least 4 members (excludes halogenated alkanes) is 6. The van der Waals surface area contributed by atoms with Crippen LogP contribution in [0.3, 0.4) is 0 Å². The van der Waals surface area contributed by atoms with E-state index in [1.54, 1.807) is 0 Å². The largest absolute Gasteiger partial charge is 0.460 e. The molecular weight excluding hydrogens is 413 g/mol. The zero-order valence-electron chi connectivity index (χ0n) is 19.1. The summed E-state index contributed by atoms with van der Waals surface area (Å²) < 4.78 is 42.3. The fourth-order valence-electron chi connectivity index (χ4n) is 2.80. The van der Waals surface area contributed by atoms with Gasteiger partial charge in [0.05, 0.1) is 10.5 Å². The molecule has 0 aliphatic rings. The first-order chi connectivity index (χ1) is 14.2. The number of hydrogen-bond acceptors (Lipinski definition) is 5. The molecule has 2 N–H and O–H groups in total. The van der Waals surface area contributed by atoms with E-state index >= 15 is 0 Å². The summed E-state index contributed by atoms with van der Waals surface area (Å²) in [4.78, 5) is 20.8. The Kier molecular flexibility index (Phi) is 12.2. The van der Waals surface area contributed by atoms with Crippen molar-refractivity contribution in [2.45, 2.75) is 97.8 Å². The summed E-state index contributed by atoms with van der Waals surface area (Å²) in [7, 11) is 0. The summed E-state index contributed by atoms with van der Waals surface area (Å²) >= 11 is 0. The Labute approximate surface area is 182 Å². The molecule has 0 heterocycles. The van der Waals surface area contributed by atoms with E-state index in [0.29, 0.717) is 12.5 Å². The number of hydrogen-bond donors (Lipinski definition) is 1. The van der Waals surface area contributed by atoms with Gasteiger partial charge in [-0.15, -0.1) is 0 Å². The van der Waals surface area contributed by atoms with Crippen molar-refractivity contribution in [1.82, 2.24) is 0 Å². The van der Waals surface area contributed by atoms with E-state index in [-0.39, 0.29) is 22.8 Å². The van der Waals surface area contributed by atoms with Gasteiger partial charge < -0.3 is 10.5 Å². The number of benzene rings is 1. The van der Waals surface area contributed by atoms with Gasteiger partial charge in [0, 0.05) is 12.5 Å². The van der Waals surface area contributed by atoms with Gasteiger partial charge >= 0.3 is 12.1 Å². The second-order valence-corrected chi connectivity index (χ2v) is 8.44. The SMILES string of the molecule is CCCCCCCCCC(=O)OC(C)(C)C.Cc1cc(N)c([N+](=O)[O-])cc1C(F)(F)F. The maximum Gasteiger partial charge on any atom is 0.416 e. The van der Waals surface area contributed by atoms with Gasteiger partial charge in [0.15, 0.2) is 0 Å². The number of rotatable bonds is 9. The molecule has 0 radical (unpaired) electrons. The lowest BCUT2D eigenvalue weighted by Gasteiger charge is -2.19. The van der Waals surface area contributed by atoms with E-state index < -0.39 is 22.4 Å². The van der Waals surface area contributed by atoms with Crippen LogP contribution in [0.1, 0.15) is 90.2 Å². The van der Waals surface area contributed by atoms with Crippen LogP contribution in [0.15, 0.2) is 12.1 Å². The van der Waals surface area contributed by atoms with Gasteiger partial charge in [-0.05, 0) is 45.7 Å². The number of halogens is 3. The smallest absolute Gasteiger partial charge is 0.416 e. The fraction of sp³-hybridized carbons (Fsp3) is 0.682. The number of nitro benzene ring substituents is 1. The number of aryl methyl sites for hydroxylation is 1. The van der Waals surface area contributed by atoms with Crippen LogP contribution in [-0.4, -0.2) is 16.5 Å². The number of alkyl halides is 3. The average molecular weight is 449 g/mol.